The molecule has 0 atom stereocenters. The Balaban J connectivity index is 1.02. The minimum Gasteiger partial charge on any atom is -0.455 e. The van der Waals surface area contributed by atoms with Crippen LogP contribution in [0.5, 0.6) is 0 Å². The summed E-state index contributed by atoms with van der Waals surface area (Å²) in [6, 6.07) is 78.0. The summed E-state index contributed by atoms with van der Waals surface area (Å²) < 4.78 is 15.7. The van der Waals surface area contributed by atoms with Gasteiger partial charge in [0.1, 0.15) is 22.3 Å². The fraction of sp³-hybridized carbons (Fsp3) is 0. The van der Waals surface area contributed by atoms with E-state index in [0.29, 0.717) is 0 Å². The van der Waals surface area contributed by atoms with Crippen molar-refractivity contribution in [2.24, 2.45) is 0 Å². The van der Waals surface area contributed by atoms with Crippen molar-refractivity contribution in [3.05, 3.63) is 218 Å². The molecular weight excluding hydrogens is 757 g/mol. The number of hydrogen-bond acceptors (Lipinski definition) is 3. The van der Waals surface area contributed by atoms with Crippen molar-refractivity contribution < 1.29 is 8.83 Å². The predicted molar refractivity (Wildman–Crippen MR) is 258 cm³/mol. The van der Waals surface area contributed by atoms with Gasteiger partial charge in [-0.2, -0.15) is 0 Å². The van der Waals surface area contributed by atoms with Gasteiger partial charge in [-0.05, 0) is 94.7 Å². The van der Waals surface area contributed by atoms with Crippen LogP contribution in [-0.4, -0.2) is 4.57 Å². The van der Waals surface area contributed by atoms with Crippen LogP contribution in [0.1, 0.15) is 0 Å². The number of anilines is 3. The van der Waals surface area contributed by atoms with E-state index in [1.54, 1.807) is 0 Å². The molecule has 10 aromatic carbocycles. The van der Waals surface area contributed by atoms with Gasteiger partial charge in [-0.3, -0.25) is 0 Å². The standard InChI is InChI=1S/C58H36N2O2/c1-2-14-39-33-43(32-27-37(39)13-1)59(42-16-11-15-40(34-42)45-21-12-22-50-48-19-5-9-25-55(48)61-57(45)50)44-35-51(58-52(36-44)49-20-6-10-26-56(49)62-58)38-28-30-41(31-29-38)60-53-23-7-3-17-46(53)47-18-4-8-24-54(47)60/h1-36H. The molecule has 3 aromatic heterocycles. The Labute approximate surface area is 356 Å². The van der Waals surface area contributed by atoms with Crippen molar-refractivity contribution in [1.82, 2.24) is 4.57 Å². The Bertz CT molecular complexity index is 3830. The summed E-state index contributed by atoms with van der Waals surface area (Å²) in [6.07, 6.45) is 0. The molecule has 0 fully saturated rings. The maximum atomic E-state index is 6.77. The van der Waals surface area contributed by atoms with Gasteiger partial charge in [0.15, 0.2) is 0 Å². The molecule has 3 heterocycles. The molecule has 13 rings (SSSR count). The normalized spacial score (nSPS) is 11.9. The van der Waals surface area contributed by atoms with Gasteiger partial charge < -0.3 is 18.3 Å². The summed E-state index contributed by atoms with van der Waals surface area (Å²) in [6.45, 7) is 0. The van der Waals surface area contributed by atoms with E-state index in [0.717, 1.165) is 88.9 Å². The second kappa shape index (κ2) is 13.6. The summed E-state index contributed by atoms with van der Waals surface area (Å²) in [7, 11) is 0. The molecule has 0 bridgehead atoms. The molecule has 0 aliphatic rings. The molecule has 0 aliphatic heterocycles. The number of para-hydroxylation sites is 5. The van der Waals surface area contributed by atoms with Crippen molar-refractivity contribution in [2.45, 2.75) is 0 Å². The average Bonchev–Trinajstić information content (AvgIpc) is 4.02. The zero-order valence-corrected chi connectivity index (χ0v) is 33.5. The van der Waals surface area contributed by atoms with Gasteiger partial charge in [-0.25, -0.2) is 0 Å². The number of fused-ring (bicyclic) bond motifs is 10. The van der Waals surface area contributed by atoms with Gasteiger partial charge in [0, 0.05) is 66.2 Å². The van der Waals surface area contributed by atoms with E-state index in [1.807, 2.05) is 18.2 Å². The van der Waals surface area contributed by atoms with E-state index in [1.165, 1.54) is 32.6 Å². The molecule has 13 aromatic rings. The Morgan fingerprint density at radius 3 is 1.65 bits per heavy atom. The second-order valence-electron chi connectivity index (χ2n) is 16.1. The van der Waals surface area contributed by atoms with Crippen molar-refractivity contribution in [3.63, 3.8) is 0 Å². The van der Waals surface area contributed by atoms with Crippen LogP contribution in [-0.2, 0) is 0 Å². The van der Waals surface area contributed by atoms with Gasteiger partial charge >= 0.3 is 0 Å². The molecule has 0 radical (unpaired) electrons. The Hall–Kier alpha value is -8.34. The van der Waals surface area contributed by atoms with Crippen LogP contribution in [0, 0.1) is 0 Å². The molecule has 0 spiro atoms. The number of rotatable bonds is 6. The first-order valence-corrected chi connectivity index (χ1v) is 21.1. The number of benzene rings is 10. The van der Waals surface area contributed by atoms with E-state index in [4.69, 9.17) is 8.83 Å². The third-order valence-corrected chi connectivity index (χ3v) is 12.5. The Kier molecular flexibility index (Phi) is 7.57. The lowest BCUT2D eigenvalue weighted by Crippen LogP contribution is -2.10. The first-order valence-electron chi connectivity index (χ1n) is 21.1. The van der Waals surface area contributed by atoms with Gasteiger partial charge in [-0.1, -0.05) is 146 Å². The maximum absolute atomic E-state index is 6.77. The number of nitrogens with zero attached hydrogens (tertiary/aromatic N) is 2. The number of aromatic nitrogens is 1. The van der Waals surface area contributed by atoms with Crippen molar-refractivity contribution in [1.29, 1.82) is 0 Å². The van der Waals surface area contributed by atoms with Crippen LogP contribution in [0.15, 0.2) is 227 Å². The van der Waals surface area contributed by atoms with Gasteiger partial charge in [0.2, 0.25) is 0 Å². The molecule has 290 valence electrons. The predicted octanol–water partition coefficient (Wildman–Crippen LogP) is 16.5. The SMILES string of the molecule is c1cc(-c2cccc3c2oc2ccccc23)cc(N(c2ccc3ccccc3c2)c2cc(-c3ccc(-n4c5ccccc5c5ccccc54)cc3)c3oc4ccccc4c3c2)c1. The molecule has 62 heavy (non-hydrogen) atoms. The van der Waals surface area contributed by atoms with Crippen LogP contribution in [0.4, 0.5) is 17.1 Å². The average molecular weight is 793 g/mol. The topological polar surface area (TPSA) is 34.5 Å². The van der Waals surface area contributed by atoms with Crippen LogP contribution in [0.25, 0.3) is 104 Å². The smallest absolute Gasteiger partial charge is 0.143 e. The largest absolute Gasteiger partial charge is 0.455 e. The maximum Gasteiger partial charge on any atom is 0.143 e. The first kappa shape index (κ1) is 34.5. The van der Waals surface area contributed by atoms with Gasteiger partial charge in [0.05, 0.1) is 11.0 Å². The van der Waals surface area contributed by atoms with E-state index >= 15 is 0 Å². The fourth-order valence-electron chi connectivity index (χ4n) is 9.70. The van der Waals surface area contributed by atoms with Crippen molar-refractivity contribution >= 4 is 93.5 Å². The number of furan rings is 2. The fourth-order valence-corrected chi connectivity index (χ4v) is 9.70. The quantitative estimate of drug-likeness (QED) is 0.168. The summed E-state index contributed by atoms with van der Waals surface area (Å²) in [5.41, 5.74) is 14.3. The lowest BCUT2D eigenvalue weighted by molar-refractivity contribution is 0.669. The zero-order chi connectivity index (χ0) is 40.7. The summed E-state index contributed by atoms with van der Waals surface area (Å²) in [4.78, 5) is 2.38. The molecule has 0 aliphatic carbocycles. The minimum atomic E-state index is 0.862. The molecule has 0 unspecified atom stereocenters. The van der Waals surface area contributed by atoms with E-state index in [-0.39, 0.29) is 0 Å². The number of hydrogen-bond donors (Lipinski definition) is 0. The highest BCUT2D eigenvalue weighted by Crippen LogP contribution is 2.45. The Morgan fingerprint density at radius 2 is 0.903 bits per heavy atom. The molecule has 0 saturated carbocycles. The molecule has 0 amide bonds. The van der Waals surface area contributed by atoms with Crippen molar-refractivity contribution in [2.75, 3.05) is 4.90 Å². The highest BCUT2D eigenvalue weighted by molar-refractivity contribution is 6.13. The molecule has 0 saturated heterocycles. The molecule has 4 nitrogen and oxygen atoms in total. The molecule has 4 heteroatoms. The summed E-state index contributed by atoms with van der Waals surface area (Å²) in [5, 5.41) is 9.24. The second-order valence-corrected chi connectivity index (χ2v) is 16.1. The van der Waals surface area contributed by atoms with Gasteiger partial charge in [-0.15, -0.1) is 0 Å². The monoisotopic (exact) mass is 792 g/mol. The highest BCUT2D eigenvalue weighted by atomic mass is 16.3. The Morgan fingerprint density at radius 1 is 0.323 bits per heavy atom. The minimum absolute atomic E-state index is 0.862. The van der Waals surface area contributed by atoms with Gasteiger partial charge in [0.25, 0.3) is 0 Å². The summed E-state index contributed by atoms with van der Waals surface area (Å²) in [5.74, 6) is 0. The van der Waals surface area contributed by atoms with E-state index in [2.05, 4.69) is 210 Å². The zero-order valence-electron chi connectivity index (χ0n) is 33.5. The van der Waals surface area contributed by atoms with E-state index in [9.17, 15) is 0 Å². The third kappa shape index (κ3) is 5.33. The molecular formula is C58H36N2O2. The van der Waals surface area contributed by atoms with Crippen LogP contribution >= 0.6 is 0 Å². The van der Waals surface area contributed by atoms with Crippen LogP contribution in [0.3, 0.4) is 0 Å². The highest BCUT2D eigenvalue weighted by Gasteiger charge is 2.22. The van der Waals surface area contributed by atoms with Crippen molar-refractivity contribution in [3.8, 4) is 27.9 Å². The first-order chi connectivity index (χ1) is 30.7. The summed E-state index contributed by atoms with van der Waals surface area (Å²) >= 11 is 0. The van der Waals surface area contributed by atoms with Crippen LogP contribution in [0.2, 0.25) is 0 Å². The third-order valence-electron chi connectivity index (χ3n) is 12.5. The van der Waals surface area contributed by atoms with Crippen LogP contribution < -0.4 is 4.90 Å². The lowest BCUT2D eigenvalue weighted by Gasteiger charge is -2.27. The molecule has 0 N–H and O–H groups in total. The lowest BCUT2D eigenvalue weighted by atomic mass is 9.99. The van der Waals surface area contributed by atoms with E-state index < -0.39 is 0 Å².